The summed E-state index contributed by atoms with van der Waals surface area (Å²) in [7, 11) is 3.07. The van der Waals surface area contributed by atoms with Gasteiger partial charge in [0, 0.05) is 39.2 Å². The Kier molecular flexibility index (Phi) is 6.76. The van der Waals surface area contributed by atoms with E-state index in [9.17, 15) is 14.7 Å². The first-order valence-electron chi connectivity index (χ1n) is 11.7. The average Bonchev–Trinajstić information content (AvgIpc) is 3.45. The Balaban J connectivity index is 1.63. The standard InChI is InChI=1S/C29H25BrN2O5/c1-36-20-11-12-24(37-2)22(15-20)26-25(27(33)17-7-9-19(30)10-8-17)28(34)29(35)32(26)14-13-18-16-31-23-6-4-3-5-21(18)23/h3-12,15-16,26,31,33H,13-14H2,1-2H3/t26-/m1/s1. The summed E-state index contributed by atoms with van der Waals surface area (Å²) >= 11 is 3.39. The van der Waals surface area contributed by atoms with Crippen LogP contribution in [0.4, 0.5) is 0 Å². The van der Waals surface area contributed by atoms with Crippen LogP contribution in [0.3, 0.4) is 0 Å². The van der Waals surface area contributed by atoms with Crippen LogP contribution in [-0.4, -0.2) is 47.4 Å². The van der Waals surface area contributed by atoms with E-state index >= 15 is 0 Å². The molecule has 4 aromatic rings. The third-order valence-corrected chi connectivity index (χ3v) is 7.21. The zero-order valence-electron chi connectivity index (χ0n) is 20.3. The summed E-state index contributed by atoms with van der Waals surface area (Å²) in [6.45, 7) is 0.259. The van der Waals surface area contributed by atoms with Crippen LogP contribution < -0.4 is 9.47 Å². The molecule has 1 aliphatic rings. The van der Waals surface area contributed by atoms with Crippen LogP contribution in [0.2, 0.25) is 0 Å². The van der Waals surface area contributed by atoms with Crippen LogP contribution in [0.25, 0.3) is 16.7 Å². The number of hydrogen-bond acceptors (Lipinski definition) is 5. The number of halogens is 1. The predicted octanol–water partition coefficient (Wildman–Crippen LogP) is 5.61. The Hall–Kier alpha value is -4.04. The van der Waals surface area contributed by atoms with Crippen LogP contribution in [0.1, 0.15) is 22.7 Å². The molecule has 0 saturated carbocycles. The van der Waals surface area contributed by atoms with Gasteiger partial charge in [0.1, 0.15) is 17.3 Å². The molecular formula is C29H25BrN2O5. The Labute approximate surface area is 222 Å². The first kappa shape index (κ1) is 24.6. The van der Waals surface area contributed by atoms with Crippen molar-refractivity contribution >= 4 is 44.3 Å². The molecule has 1 fully saturated rings. The maximum atomic E-state index is 13.4. The number of ketones is 1. The number of aliphatic hydroxyl groups is 1. The van der Waals surface area contributed by atoms with Crippen LogP contribution in [-0.2, 0) is 16.0 Å². The molecule has 2 N–H and O–H groups in total. The minimum Gasteiger partial charge on any atom is -0.507 e. The molecule has 0 spiro atoms. The van der Waals surface area contributed by atoms with Gasteiger partial charge in [-0.2, -0.15) is 0 Å². The molecule has 3 aromatic carbocycles. The lowest BCUT2D eigenvalue weighted by molar-refractivity contribution is -0.139. The number of hydrogen-bond donors (Lipinski definition) is 2. The molecular weight excluding hydrogens is 536 g/mol. The molecule has 1 aromatic heterocycles. The lowest BCUT2D eigenvalue weighted by Crippen LogP contribution is -2.31. The van der Waals surface area contributed by atoms with E-state index in [1.807, 2.05) is 30.5 Å². The third-order valence-electron chi connectivity index (χ3n) is 6.69. The highest BCUT2D eigenvalue weighted by molar-refractivity contribution is 9.10. The highest BCUT2D eigenvalue weighted by atomic mass is 79.9. The van der Waals surface area contributed by atoms with Gasteiger partial charge in [0.25, 0.3) is 11.7 Å². The van der Waals surface area contributed by atoms with Crippen molar-refractivity contribution in [3.05, 3.63) is 99.7 Å². The van der Waals surface area contributed by atoms with Gasteiger partial charge in [-0.25, -0.2) is 0 Å². The summed E-state index contributed by atoms with van der Waals surface area (Å²) < 4.78 is 11.9. The summed E-state index contributed by atoms with van der Waals surface area (Å²) in [5.41, 5.74) is 3.03. The average molecular weight is 561 g/mol. The number of Topliss-reactive ketones (excluding diaryl/α,β-unsaturated/α-hetero) is 1. The fourth-order valence-electron chi connectivity index (χ4n) is 4.83. The normalized spacial score (nSPS) is 16.9. The monoisotopic (exact) mass is 560 g/mol. The molecule has 0 radical (unpaired) electrons. The van der Waals surface area contributed by atoms with E-state index in [-0.39, 0.29) is 17.9 Å². The molecule has 0 aliphatic carbocycles. The highest BCUT2D eigenvalue weighted by Gasteiger charge is 2.47. The first-order valence-corrected chi connectivity index (χ1v) is 12.5. The third kappa shape index (κ3) is 4.49. The number of ether oxygens (including phenoxy) is 2. The Morgan fingerprint density at radius 2 is 1.78 bits per heavy atom. The quantitative estimate of drug-likeness (QED) is 0.174. The van der Waals surface area contributed by atoms with Crippen molar-refractivity contribution in [3.63, 3.8) is 0 Å². The van der Waals surface area contributed by atoms with E-state index in [1.54, 1.807) is 49.6 Å². The van der Waals surface area contributed by atoms with Crippen molar-refractivity contribution in [1.29, 1.82) is 0 Å². The van der Waals surface area contributed by atoms with Crippen molar-refractivity contribution in [2.75, 3.05) is 20.8 Å². The van der Waals surface area contributed by atoms with Gasteiger partial charge in [-0.05, 0) is 48.4 Å². The molecule has 1 aliphatic heterocycles. The first-order chi connectivity index (χ1) is 17.9. The Morgan fingerprint density at radius 1 is 1.03 bits per heavy atom. The number of carbonyl (C=O) groups is 2. The van der Waals surface area contributed by atoms with Gasteiger partial charge in [0.2, 0.25) is 0 Å². The minimum absolute atomic E-state index is 0.0119. The molecule has 1 saturated heterocycles. The Bertz CT molecular complexity index is 1520. The van der Waals surface area contributed by atoms with Gasteiger partial charge in [0.05, 0.1) is 25.8 Å². The lowest BCUT2D eigenvalue weighted by Gasteiger charge is -2.27. The molecule has 5 rings (SSSR count). The van der Waals surface area contributed by atoms with Crippen molar-refractivity contribution in [2.24, 2.45) is 0 Å². The van der Waals surface area contributed by atoms with Crippen molar-refractivity contribution in [1.82, 2.24) is 9.88 Å². The molecule has 2 heterocycles. The number of fused-ring (bicyclic) bond motifs is 1. The van der Waals surface area contributed by atoms with E-state index in [4.69, 9.17) is 9.47 Å². The van der Waals surface area contributed by atoms with Gasteiger partial charge in [-0.15, -0.1) is 0 Å². The van der Waals surface area contributed by atoms with E-state index < -0.39 is 17.7 Å². The number of H-pyrrole nitrogens is 1. The summed E-state index contributed by atoms with van der Waals surface area (Å²) in [5, 5.41) is 12.4. The molecule has 8 heteroatoms. The van der Waals surface area contributed by atoms with Crippen LogP contribution in [0, 0.1) is 0 Å². The predicted molar refractivity (Wildman–Crippen MR) is 145 cm³/mol. The van der Waals surface area contributed by atoms with E-state index in [2.05, 4.69) is 20.9 Å². The molecule has 0 unspecified atom stereocenters. The van der Waals surface area contributed by atoms with Gasteiger partial charge in [-0.1, -0.05) is 46.3 Å². The minimum atomic E-state index is -0.862. The molecule has 188 valence electrons. The van der Waals surface area contributed by atoms with Gasteiger partial charge in [0.15, 0.2) is 0 Å². The molecule has 1 atom stereocenters. The van der Waals surface area contributed by atoms with Crippen molar-refractivity contribution in [3.8, 4) is 11.5 Å². The van der Waals surface area contributed by atoms with Crippen LogP contribution in [0.15, 0.2) is 83.0 Å². The number of benzene rings is 3. The second kappa shape index (κ2) is 10.1. The van der Waals surface area contributed by atoms with Crippen LogP contribution in [0.5, 0.6) is 11.5 Å². The molecule has 1 amide bonds. The number of nitrogens with zero attached hydrogens (tertiary/aromatic N) is 1. The zero-order chi connectivity index (χ0) is 26.1. The van der Waals surface area contributed by atoms with Gasteiger partial charge < -0.3 is 24.5 Å². The summed E-state index contributed by atoms with van der Waals surface area (Å²) in [4.78, 5) is 31.6. The smallest absolute Gasteiger partial charge is 0.295 e. The van der Waals surface area contributed by atoms with E-state index in [1.165, 1.54) is 12.0 Å². The zero-order valence-corrected chi connectivity index (χ0v) is 21.9. The number of para-hydroxylation sites is 1. The molecule has 7 nitrogen and oxygen atoms in total. The van der Waals surface area contributed by atoms with Crippen molar-refractivity contribution in [2.45, 2.75) is 12.5 Å². The summed E-state index contributed by atoms with van der Waals surface area (Å²) in [6, 6.07) is 19.2. The number of methoxy groups -OCH3 is 2. The summed E-state index contributed by atoms with van der Waals surface area (Å²) in [6.07, 6.45) is 2.43. The topological polar surface area (TPSA) is 91.9 Å². The number of carbonyl (C=O) groups excluding carboxylic acids is 2. The molecule has 0 bridgehead atoms. The second-order valence-corrected chi connectivity index (χ2v) is 9.63. The fourth-order valence-corrected chi connectivity index (χ4v) is 5.09. The lowest BCUT2D eigenvalue weighted by atomic mass is 9.94. The van der Waals surface area contributed by atoms with Gasteiger partial charge >= 0.3 is 0 Å². The van der Waals surface area contributed by atoms with E-state index in [0.717, 1.165) is 20.9 Å². The second-order valence-electron chi connectivity index (χ2n) is 8.72. The maximum absolute atomic E-state index is 13.4. The number of amides is 1. The van der Waals surface area contributed by atoms with Gasteiger partial charge in [-0.3, -0.25) is 9.59 Å². The largest absolute Gasteiger partial charge is 0.507 e. The fraction of sp³-hybridized carbons (Fsp3) is 0.172. The van der Waals surface area contributed by atoms with E-state index in [0.29, 0.717) is 29.0 Å². The SMILES string of the molecule is COc1ccc(OC)c([C@@H]2C(=C(O)c3ccc(Br)cc3)C(=O)C(=O)N2CCc2c[nH]c3ccccc23)c1. The van der Waals surface area contributed by atoms with Crippen molar-refractivity contribution < 1.29 is 24.2 Å². The number of aromatic amines is 1. The number of likely N-dealkylation sites (tertiary alicyclic amines) is 1. The maximum Gasteiger partial charge on any atom is 0.295 e. The number of aromatic nitrogens is 1. The summed E-state index contributed by atoms with van der Waals surface area (Å²) in [5.74, 6) is -0.633. The number of rotatable bonds is 7. The van der Waals surface area contributed by atoms with Crippen LogP contribution >= 0.6 is 15.9 Å². The highest BCUT2D eigenvalue weighted by Crippen LogP contribution is 2.44. The Morgan fingerprint density at radius 3 is 2.51 bits per heavy atom. The molecule has 37 heavy (non-hydrogen) atoms. The number of nitrogens with one attached hydrogen (secondary N) is 1. The number of aliphatic hydroxyl groups excluding tert-OH is 1.